The van der Waals surface area contributed by atoms with E-state index in [4.69, 9.17) is 4.74 Å². The fraction of sp³-hybridized carbons (Fsp3) is 0.278. The average molecular weight is 268 g/mol. The van der Waals surface area contributed by atoms with Crippen molar-refractivity contribution in [3.8, 4) is 5.75 Å². The predicted molar refractivity (Wildman–Crippen MR) is 81.6 cm³/mol. The molecule has 2 aromatic rings. The second-order valence-electron chi connectivity index (χ2n) is 5.03. The van der Waals surface area contributed by atoms with Crippen molar-refractivity contribution in [2.24, 2.45) is 0 Å². The van der Waals surface area contributed by atoms with E-state index in [0.29, 0.717) is 0 Å². The topological polar surface area (TPSA) is 26.3 Å². The first-order chi connectivity index (χ1) is 9.60. The lowest BCUT2D eigenvalue weighted by Gasteiger charge is -2.09. The van der Waals surface area contributed by atoms with E-state index < -0.39 is 0 Å². The molecular weight excluding hydrogens is 248 g/mol. The van der Waals surface area contributed by atoms with Crippen LogP contribution in [0.4, 0.5) is 0 Å². The van der Waals surface area contributed by atoms with Crippen LogP contribution in [-0.4, -0.2) is 12.4 Å². The molecule has 20 heavy (non-hydrogen) atoms. The first kappa shape index (κ1) is 14.3. The maximum atomic E-state index is 12.2. The number of ether oxygens (including phenoxy) is 1. The lowest BCUT2D eigenvalue weighted by molar-refractivity contribution is 0.0920. The third kappa shape index (κ3) is 3.47. The number of aryl methyl sites for hydroxylation is 3. The number of hydrogen-bond acceptors (Lipinski definition) is 2. The standard InChI is InChI=1S/C18H20O2/c1-4-15-6-5-7-16(11-15)20-12-18(19)17-10-13(2)8-9-14(17)3/h5-11H,4,12H2,1-3H3. The number of Topliss-reactive ketones (excluding diaryl/α,β-unsaturated/α-hetero) is 1. The number of carbonyl (C=O) groups excluding carboxylic acids is 1. The molecule has 0 amide bonds. The van der Waals surface area contributed by atoms with Gasteiger partial charge in [-0.1, -0.05) is 36.8 Å². The Morgan fingerprint density at radius 1 is 1.10 bits per heavy atom. The molecule has 0 fully saturated rings. The van der Waals surface area contributed by atoms with Gasteiger partial charge in [-0.05, 0) is 49.6 Å². The minimum absolute atomic E-state index is 0.0214. The fourth-order valence-electron chi connectivity index (χ4n) is 2.12. The van der Waals surface area contributed by atoms with Crippen molar-refractivity contribution in [2.75, 3.05) is 6.61 Å². The van der Waals surface area contributed by atoms with Crippen LogP contribution in [0.1, 0.15) is 34.0 Å². The second kappa shape index (κ2) is 6.38. The highest BCUT2D eigenvalue weighted by Gasteiger charge is 2.10. The predicted octanol–water partition coefficient (Wildman–Crippen LogP) is 4.13. The molecule has 0 spiro atoms. The van der Waals surface area contributed by atoms with Gasteiger partial charge in [0.05, 0.1) is 0 Å². The Morgan fingerprint density at radius 2 is 1.90 bits per heavy atom. The van der Waals surface area contributed by atoms with E-state index in [2.05, 4.69) is 13.0 Å². The highest BCUT2D eigenvalue weighted by atomic mass is 16.5. The zero-order valence-electron chi connectivity index (χ0n) is 12.3. The molecule has 0 aliphatic heterocycles. The lowest BCUT2D eigenvalue weighted by atomic mass is 10.0. The highest BCUT2D eigenvalue weighted by molar-refractivity contribution is 5.98. The van der Waals surface area contributed by atoms with Crippen molar-refractivity contribution in [1.82, 2.24) is 0 Å². The fourth-order valence-corrected chi connectivity index (χ4v) is 2.12. The van der Waals surface area contributed by atoms with Gasteiger partial charge in [-0.2, -0.15) is 0 Å². The van der Waals surface area contributed by atoms with Crippen LogP contribution in [0.5, 0.6) is 5.75 Å². The number of hydrogen-bond donors (Lipinski definition) is 0. The van der Waals surface area contributed by atoms with Crippen molar-refractivity contribution < 1.29 is 9.53 Å². The van der Waals surface area contributed by atoms with E-state index in [1.165, 1.54) is 5.56 Å². The van der Waals surface area contributed by atoms with Crippen molar-refractivity contribution >= 4 is 5.78 Å². The molecule has 104 valence electrons. The summed E-state index contributed by atoms with van der Waals surface area (Å²) in [4.78, 5) is 12.2. The summed E-state index contributed by atoms with van der Waals surface area (Å²) in [6.07, 6.45) is 0.960. The third-order valence-corrected chi connectivity index (χ3v) is 3.37. The van der Waals surface area contributed by atoms with E-state index in [9.17, 15) is 4.79 Å². The van der Waals surface area contributed by atoms with Crippen LogP contribution in [0.15, 0.2) is 42.5 Å². The molecule has 0 aliphatic rings. The van der Waals surface area contributed by atoms with Gasteiger partial charge in [0.1, 0.15) is 5.75 Å². The summed E-state index contributed by atoms with van der Waals surface area (Å²) < 4.78 is 5.61. The van der Waals surface area contributed by atoms with Gasteiger partial charge in [-0.3, -0.25) is 4.79 Å². The molecular formula is C18H20O2. The molecule has 0 radical (unpaired) electrons. The minimum atomic E-state index is 0.0214. The number of benzene rings is 2. The molecule has 2 heteroatoms. The van der Waals surface area contributed by atoms with Crippen molar-refractivity contribution in [3.63, 3.8) is 0 Å². The Kier molecular flexibility index (Phi) is 4.57. The van der Waals surface area contributed by atoms with Crippen LogP contribution >= 0.6 is 0 Å². The molecule has 2 aromatic carbocycles. The molecule has 0 saturated carbocycles. The average Bonchev–Trinajstić information content (AvgIpc) is 2.47. The molecule has 2 nitrogen and oxygen atoms in total. The van der Waals surface area contributed by atoms with E-state index >= 15 is 0 Å². The van der Waals surface area contributed by atoms with Crippen LogP contribution in [0, 0.1) is 13.8 Å². The maximum Gasteiger partial charge on any atom is 0.200 e. The second-order valence-corrected chi connectivity index (χ2v) is 5.03. The number of rotatable bonds is 5. The molecule has 0 atom stereocenters. The summed E-state index contributed by atoms with van der Waals surface area (Å²) in [5, 5.41) is 0. The summed E-state index contributed by atoms with van der Waals surface area (Å²) >= 11 is 0. The van der Waals surface area contributed by atoms with Crippen LogP contribution in [0.2, 0.25) is 0 Å². The molecule has 0 aliphatic carbocycles. The molecule has 0 bridgehead atoms. The Labute approximate surface area is 120 Å². The molecule has 0 saturated heterocycles. The van der Waals surface area contributed by atoms with Crippen molar-refractivity contribution in [3.05, 3.63) is 64.7 Å². The van der Waals surface area contributed by atoms with Crippen LogP contribution < -0.4 is 4.74 Å². The molecule has 0 aromatic heterocycles. The molecule has 0 heterocycles. The van der Waals surface area contributed by atoms with Gasteiger partial charge >= 0.3 is 0 Å². The minimum Gasteiger partial charge on any atom is -0.485 e. The van der Waals surface area contributed by atoms with Crippen LogP contribution in [-0.2, 0) is 6.42 Å². The van der Waals surface area contributed by atoms with Gasteiger partial charge in [-0.15, -0.1) is 0 Å². The van der Waals surface area contributed by atoms with Gasteiger partial charge in [-0.25, -0.2) is 0 Å². The summed E-state index contributed by atoms with van der Waals surface area (Å²) in [7, 11) is 0. The quantitative estimate of drug-likeness (QED) is 0.762. The van der Waals surface area contributed by atoms with Gasteiger partial charge < -0.3 is 4.74 Å². The van der Waals surface area contributed by atoms with E-state index in [-0.39, 0.29) is 12.4 Å². The zero-order valence-corrected chi connectivity index (χ0v) is 12.3. The van der Waals surface area contributed by atoms with Gasteiger partial charge in [0.15, 0.2) is 12.4 Å². The van der Waals surface area contributed by atoms with Crippen molar-refractivity contribution in [1.29, 1.82) is 0 Å². The van der Waals surface area contributed by atoms with E-state index in [1.54, 1.807) is 0 Å². The van der Waals surface area contributed by atoms with Crippen LogP contribution in [0.25, 0.3) is 0 Å². The summed E-state index contributed by atoms with van der Waals surface area (Å²) in [6.45, 7) is 6.12. The lowest BCUT2D eigenvalue weighted by Crippen LogP contribution is -2.13. The van der Waals surface area contributed by atoms with E-state index in [1.807, 2.05) is 50.2 Å². The SMILES string of the molecule is CCc1cccc(OCC(=O)c2cc(C)ccc2C)c1. The Balaban J connectivity index is 2.06. The third-order valence-electron chi connectivity index (χ3n) is 3.37. The van der Waals surface area contributed by atoms with Crippen molar-refractivity contribution in [2.45, 2.75) is 27.2 Å². The first-order valence-corrected chi connectivity index (χ1v) is 6.92. The van der Waals surface area contributed by atoms with Gasteiger partial charge in [0.2, 0.25) is 0 Å². The van der Waals surface area contributed by atoms with Crippen LogP contribution in [0.3, 0.4) is 0 Å². The highest BCUT2D eigenvalue weighted by Crippen LogP contribution is 2.16. The van der Waals surface area contributed by atoms with Gasteiger partial charge in [0.25, 0.3) is 0 Å². The molecule has 2 rings (SSSR count). The molecule has 0 unspecified atom stereocenters. The first-order valence-electron chi connectivity index (χ1n) is 6.92. The smallest absolute Gasteiger partial charge is 0.200 e. The Morgan fingerprint density at radius 3 is 2.65 bits per heavy atom. The maximum absolute atomic E-state index is 12.2. The normalized spacial score (nSPS) is 10.3. The van der Waals surface area contributed by atoms with E-state index in [0.717, 1.165) is 28.9 Å². The van der Waals surface area contributed by atoms with Gasteiger partial charge in [0, 0.05) is 5.56 Å². The number of carbonyl (C=O) groups is 1. The summed E-state index contributed by atoms with van der Waals surface area (Å²) in [5.41, 5.74) is 4.04. The monoisotopic (exact) mass is 268 g/mol. The Bertz CT molecular complexity index is 615. The summed E-state index contributed by atoms with van der Waals surface area (Å²) in [6, 6.07) is 13.8. The Hall–Kier alpha value is -2.09. The molecule has 0 N–H and O–H groups in total. The summed E-state index contributed by atoms with van der Waals surface area (Å²) in [5.74, 6) is 0.774. The number of ketones is 1. The zero-order chi connectivity index (χ0) is 14.5. The largest absolute Gasteiger partial charge is 0.485 e.